The molecule has 1 aliphatic rings. The minimum atomic E-state index is -1.28. The maximum absolute atomic E-state index is 13.0. The summed E-state index contributed by atoms with van der Waals surface area (Å²) in [5, 5.41) is 14.6. The van der Waals surface area contributed by atoms with E-state index in [-0.39, 0.29) is 11.3 Å². The van der Waals surface area contributed by atoms with Crippen molar-refractivity contribution in [1.29, 1.82) is 0 Å². The number of halogens is 1. The predicted molar refractivity (Wildman–Crippen MR) is 80.5 cm³/mol. The number of urea groups is 1. The summed E-state index contributed by atoms with van der Waals surface area (Å²) in [6.07, 6.45) is 3.45. The van der Waals surface area contributed by atoms with Gasteiger partial charge < -0.3 is 15.7 Å². The van der Waals surface area contributed by atoms with Crippen molar-refractivity contribution in [3.05, 3.63) is 29.6 Å². The Labute approximate surface area is 126 Å². The summed E-state index contributed by atoms with van der Waals surface area (Å²) in [5.74, 6) is -0.834. The second kappa shape index (κ2) is 7.31. The smallest absolute Gasteiger partial charge is 0.337 e. The summed E-state index contributed by atoms with van der Waals surface area (Å²) in [6.45, 7) is 0.542. The Morgan fingerprint density at radius 3 is 2.86 bits per heavy atom. The first-order chi connectivity index (χ1) is 10.1. The van der Waals surface area contributed by atoms with Crippen LogP contribution in [0.3, 0.4) is 0 Å². The van der Waals surface area contributed by atoms with Gasteiger partial charge >= 0.3 is 12.0 Å². The lowest BCUT2D eigenvalue weighted by atomic mass is 10.1. The monoisotopic (exact) mass is 312 g/mol. The van der Waals surface area contributed by atoms with E-state index in [9.17, 15) is 14.0 Å². The van der Waals surface area contributed by atoms with E-state index in [2.05, 4.69) is 10.6 Å². The zero-order valence-corrected chi connectivity index (χ0v) is 12.2. The van der Waals surface area contributed by atoms with Gasteiger partial charge in [-0.15, -0.1) is 0 Å². The first-order valence-electron chi connectivity index (χ1n) is 6.75. The van der Waals surface area contributed by atoms with Gasteiger partial charge in [0.05, 0.1) is 11.3 Å². The molecule has 1 fully saturated rings. The largest absolute Gasteiger partial charge is 0.478 e. The number of thioether (sulfide) groups is 1. The molecule has 0 bridgehead atoms. The molecule has 2 amide bonds. The topological polar surface area (TPSA) is 78.4 Å². The summed E-state index contributed by atoms with van der Waals surface area (Å²) in [5.41, 5.74) is -0.185. The van der Waals surface area contributed by atoms with Gasteiger partial charge in [-0.1, -0.05) is 6.42 Å². The number of nitrogens with one attached hydrogen (secondary N) is 2. The lowest BCUT2D eigenvalue weighted by Crippen LogP contribution is -2.35. The molecule has 0 saturated carbocycles. The summed E-state index contributed by atoms with van der Waals surface area (Å²) in [6, 6.07) is 2.76. The van der Waals surface area contributed by atoms with Crippen LogP contribution in [0.25, 0.3) is 0 Å². The van der Waals surface area contributed by atoms with Gasteiger partial charge in [-0.25, -0.2) is 14.0 Å². The Kier molecular flexibility index (Phi) is 5.44. The number of amides is 2. The highest BCUT2D eigenvalue weighted by Crippen LogP contribution is 2.24. The van der Waals surface area contributed by atoms with Crippen LogP contribution >= 0.6 is 11.8 Å². The summed E-state index contributed by atoms with van der Waals surface area (Å²) in [7, 11) is 0. The van der Waals surface area contributed by atoms with Crippen molar-refractivity contribution in [2.45, 2.75) is 24.5 Å². The molecule has 2 rings (SSSR count). The lowest BCUT2D eigenvalue weighted by molar-refractivity contribution is 0.0697. The molecule has 5 nitrogen and oxygen atoms in total. The first-order valence-corrected chi connectivity index (χ1v) is 7.80. The van der Waals surface area contributed by atoms with E-state index in [1.54, 1.807) is 0 Å². The SMILES string of the molecule is O=C(NCC1CCCCS1)Nc1ccc(F)cc1C(=O)O. The van der Waals surface area contributed by atoms with E-state index >= 15 is 0 Å². The van der Waals surface area contributed by atoms with E-state index in [4.69, 9.17) is 5.11 Å². The van der Waals surface area contributed by atoms with Crippen LogP contribution in [-0.4, -0.2) is 34.7 Å². The van der Waals surface area contributed by atoms with Crippen molar-refractivity contribution in [3.8, 4) is 0 Å². The third-order valence-electron chi connectivity index (χ3n) is 3.22. The molecule has 1 aromatic rings. The van der Waals surface area contributed by atoms with Crippen LogP contribution in [0.4, 0.5) is 14.9 Å². The van der Waals surface area contributed by atoms with E-state index < -0.39 is 17.8 Å². The molecule has 3 N–H and O–H groups in total. The van der Waals surface area contributed by atoms with E-state index in [0.29, 0.717) is 11.8 Å². The summed E-state index contributed by atoms with van der Waals surface area (Å²) < 4.78 is 13.0. The van der Waals surface area contributed by atoms with Gasteiger partial charge in [0.15, 0.2) is 0 Å². The average Bonchev–Trinajstić information content (AvgIpc) is 2.48. The fourth-order valence-electron chi connectivity index (χ4n) is 2.14. The number of anilines is 1. The maximum atomic E-state index is 13.0. The average molecular weight is 312 g/mol. The first kappa shape index (κ1) is 15.6. The molecule has 114 valence electrons. The molecular weight excluding hydrogens is 295 g/mol. The molecule has 1 atom stereocenters. The zero-order valence-electron chi connectivity index (χ0n) is 11.4. The van der Waals surface area contributed by atoms with E-state index in [1.165, 1.54) is 18.9 Å². The quantitative estimate of drug-likeness (QED) is 0.799. The number of hydrogen-bond acceptors (Lipinski definition) is 3. The fraction of sp³-hybridized carbons (Fsp3) is 0.429. The number of carbonyl (C=O) groups excluding carboxylic acids is 1. The fourth-order valence-corrected chi connectivity index (χ4v) is 3.38. The molecule has 7 heteroatoms. The van der Waals surface area contributed by atoms with Gasteiger partial charge in [0.25, 0.3) is 0 Å². The number of carbonyl (C=O) groups is 2. The molecule has 1 aromatic carbocycles. The highest BCUT2D eigenvalue weighted by Gasteiger charge is 2.16. The number of benzene rings is 1. The summed E-state index contributed by atoms with van der Waals surface area (Å²) in [4.78, 5) is 22.8. The van der Waals surface area contributed by atoms with Crippen LogP contribution in [0, 0.1) is 5.82 Å². The van der Waals surface area contributed by atoms with Gasteiger partial charge in [0, 0.05) is 11.8 Å². The lowest BCUT2D eigenvalue weighted by Gasteiger charge is -2.21. The second-order valence-electron chi connectivity index (χ2n) is 4.82. The van der Waals surface area contributed by atoms with Crippen LogP contribution in [-0.2, 0) is 0 Å². The van der Waals surface area contributed by atoms with Gasteiger partial charge in [0.2, 0.25) is 0 Å². The number of hydrogen-bond donors (Lipinski definition) is 3. The van der Waals surface area contributed by atoms with Gasteiger partial charge in [-0.05, 0) is 36.8 Å². The van der Waals surface area contributed by atoms with Crippen LogP contribution in [0.2, 0.25) is 0 Å². The molecule has 1 unspecified atom stereocenters. The van der Waals surface area contributed by atoms with Crippen LogP contribution < -0.4 is 10.6 Å². The molecular formula is C14H17FN2O3S. The highest BCUT2D eigenvalue weighted by atomic mass is 32.2. The Bertz CT molecular complexity index is 533. The molecule has 0 radical (unpaired) electrons. The molecule has 0 aromatic heterocycles. The molecule has 0 aliphatic carbocycles. The molecule has 1 heterocycles. The molecule has 1 saturated heterocycles. The van der Waals surface area contributed by atoms with Crippen molar-refractivity contribution in [3.63, 3.8) is 0 Å². The minimum Gasteiger partial charge on any atom is -0.478 e. The molecule has 21 heavy (non-hydrogen) atoms. The number of carboxylic acids is 1. The van der Waals surface area contributed by atoms with E-state index in [1.807, 2.05) is 11.8 Å². The third kappa shape index (κ3) is 4.63. The van der Waals surface area contributed by atoms with Crippen molar-refractivity contribution in [2.24, 2.45) is 0 Å². The van der Waals surface area contributed by atoms with Crippen molar-refractivity contribution in [1.82, 2.24) is 5.32 Å². The number of aromatic carboxylic acids is 1. The van der Waals surface area contributed by atoms with Gasteiger partial charge in [-0.2, -0.15) is 11.8 Å². The van der Waals surface area contributed by atoms with E-state index in [0.717, 1.165) is 24.3 Å². The number of rotatable bonds is 4. The maximum Gasteiger partial charge on any atom is 0.337 e. The second-order valence-corrected chi connectivity index (χ2v) is 6.23. The standard InChI is InChI=1S/C14H17FN2O3S/c15-9-4-5-12(11(7-9)13(18)19)17-14(20)16-8-10-3-1-2-6-21-10/h4-5,7,10H,1-3,6,8H2,(H,18,19)(H2,16,17,20). The Morgan fingerprint density at radius 1 is 1.38 bits per heavy atom. The van der Waals surface area contributed by atoms with Crippen LogP contribution in [0.15, 0.2) is 18.2 Å². The van der Waals surface area contributed by atoms with Gasteiger partial charge in [-0.3, -0.25) is 0 Å². The highest BCUT2D eigenvalue weighted by molar-refractivity contribution is 7.99. The van der Waals surface area contributed by atoms with Gasteiger partial charge in [0.1, 0.15) is 5.82 Å². The Balaban J connectivity index is 1.91. The van der Waals surface area contributed by atoms with Crippen molar-refractivity contribution >= 4 is 29.4 Å². The Morgan fingerprint density at radius 2 is 2.19 bits per heavy atom. The third-order valence-corrected chi connectivity index (χ3v) is 4.62. The van der Waals surface area contributed by atoms with Crippen LogP contribution in [0.5, 0.6) is 0 Å². The Hall–Kier alpha value is -1.76. The molecule has 0 spiro atoms. The van der Waals surface area contributed by atoms with Crippen molar-refractivity contribution < 1.29 is 19.1 Å². The molecule has 1 aliphatic heterocycles. The normalized spacial score (nSPS) is 18.0. The van der Waals surface area contributed by atoms with Crippen LogP contribution in [0.1, 0.15) is 29.6 Å². The predicted octanol–water partition coefficient (Wildman–Crippen LogP) is 2.93. The summed E-state index contributed by atoms with van der Waals surface area (Å²) >= 11 is 1.84. The number of carboxylic acid groups (broad SMARTS) is 1. The van der Waals surface area contributed by atoms with Crippen molar-refractivity contribution in [2.75, 3.05) is 17.6 Å². The minimum absolute atomic E-state index is 0.0812. The zero-order chi connectivity index (χ0) is 15.2.